The van der Waals surface area contributed by atoms with E-state index in [2.05, 4.69) is 63.1 Å². The molecule has 2 aromatic heterocycles. The topological polar surface area (TPSA) is 48.8 Å². The molecule has 6 nitrogen and oxygen atoms in total. The number of fused-ring (bicyclic) bond motifs is 2. The van der Waals surface area contributed by atoms with Crippen molar-refractivity contribution in [1.82, 2.24) is 9.55 Å². The highest BCUT2D eigenvalue weighted by atomic mass is 32.2. The van der Waals surface area contributed by atoms with Crippen molar-refractivity contribution in [2.75, 3.05) is 25.3 Å². The molecule has 0 bridgehead atoms. The van der Waals surface area contributed by atoms with Crippen molar-refractivity contribution in [3.05, 3.63) is 90.5 Å². The number of nitrogens with zero attached hydrogens (tertiary/aromatic N) is 3. The molecule has 0 saturated carbocycles. The van der Waals surface area contributed by atoms with Crippen molar-refractivity contribution in [1.29, 1.82) is 0 Å². The minimum Gasteiger partial charge on any atom is -0.497 e. The molecule has 0 fully saturated rings. The molecule has 7 heteroatoms. The number of hydrogen-bond acceptors (Lipinski definition) is 6. The second-order valence-electron chi connectivity index (χ2n) is 8.34. The molecule has 172 valence electrons. The quantitative estimate of drug-likeness (QED) is 0.364. The molecule has 4 aromatic rings. The molecule has 1 atom stereocenters. The lowest BCUT2D eigenvalue weighted by molar-refractivity contribution is 0.174. The maximum absolute atomic E-state index is 5.64. The number of benzene rings is 2. The Morgan fingerprint density at radius 3 is 2.88 bits per heavy atom. The summed E-state index contributed by atoms with van der Waals surface area (Å²) in [5.41, 5.74) is 4.78. The summed E-state index contributed by atoms with van der Waals surface area (Å²) in [6.07, 6.45) is 6.81. The Morgan fingerprint density at radius 1 is 1.06 bits per heavy atom. The van der Waals surface area contributed by atoms with Gasteiger partial charge in [0.15, 0.2) is 11.5 Å². The Hall–Kier alpha value is -3.58. The Balaban J connectivity index is 1.33. The molecule has 34 heavy (non-hydrogen) atoms. The Bertz CT molecular complexity index is 1310. The average Bonchev–Trinajstić information content (AvgIpc) is 3.51. The maximum atomic E-state index is 5.64. The van der Waals surface area contributed by atoms with Crippen molar-refractivity contribution in [3.63, 3.8) is 0 Å². The van der Waals surface area contributed by atoms with Gasteiger partial charge in [0.2, 0.25) is 6.79 Å². The number of hydrogen-bond donors (Lipinski definition) is 0. The highest BCUT2D eigenvalue weighted by Gasteiger charge is 2.26. The molecule has 0 N–H and O–H groups in total. The summed E-state index contributed by atoms with van der Waals surface area (Å²) in [5.74, 6) is 2.53. The highest BCUT2D eigenvalue weighted by Crippen LogP contribution is 2.48. The Labute approximate surface area is 203 Å². The van der Waals surface area contributed by atoms with Gasteiger partial charge in [-0.05, 0) is 66.6 Å². The molecular formula is C27H25N3O3S. The summed E-state index contributed by atoms with van der Waals surface area (Å²) in [6, 6.07) is 21.0. The predicted octanol–water partition coefficient (Wildman–Crippen LogP) is 5.85. The molecule has 2 aliphatic heterocycles. The number of rotatable bonds is 5. The molecule has 0 unspecified atom stereocenters. The monoisotopic (exact) mass is 471 g/mol. The van der Waals surface area contributed by atoms with Gasteiger partial charge in [0, 0.05) is 34.8 Å². The number of ether oxygens (including phenoxy) is 3. The number of thioether (sulfide) groups is 1. The van der Waals surface area contributed by atoms with E-state index in [1.165, 1.54) is 21.8 Å². The van der Waals surface area contributed by atoms with Crippen molar-refractivity contribution in [2.24, 2.45) is 0 Å². The zero-order chi connectivity index (χ0) is 22.9. The second kappa shape index (κ2) is 8.99. The minimum atomic E-state index is 0.293. The van der Waals surface area contributed by atoms with Gasteiger partial charge in [0.1, 0.15) is 5.75 Å². The fourth-order valence-corrected chi connectivity index (χ4v) is 5.90. The van der Waals surface area contributed by atoms with Gasteiger partial charge in [0.25, 0.3) is 0 Å². The van der Waals surface area contributed by atoms with Crippen molar-refractivity contribution < 1.29 is 14.2 Å². The molecule has 0 radical (unpaired) electrons. The molecule has 6 rings (SSSR count). The van der Waals surface area contributed by atoms with Gasteiger partial charge in [-0.25, -0.2) is 0 Å². The van der Waals surface area contributed by atoms with Crippen LogP contribution in [-0.4, -0.2) is 30.0 Å². The third kappa shape index (κ3) is 3.96. The van der Waals surface area contributed by atoms with Gasteiger partial charge in [0.05, 0.1) is 31.2 Å². The first kappa shape index (κ1) is 21.0. The molecule has 0 amide bonds. The van der Waals surface area contributed by atoms with Gasteiger partial charge in [-0.15, -0.1) is 11.8 Å². The van der Waals surface area contributed by atoms with E-state index in [1.54, 1.807) is 13.3 Å². The summed E-state index contributed by atoms with van der Waals surface area (Å²) in [6.45, 7) is 2.03. The molecular weight excluding hydrogens is 446 g/mol. The fourth-order valence-electron chi connectivity index (χ4n) is 4.58. The van der Waals surface area contributed by atoms with Crippen LogP contribution in [0.1, 0.15) is 22.9 Å². The summed E-state index contributed by atoms with van der Waals surface area (Å²) < 4.78 is 18.9. The number of anilines is 1. The summed E-state index contributed by atoms with van der Waals surface area (Å²) in [5, 5.41) is 0.301. The number of aromatic nitrogens is 2. The molecule has 2 aromatic carbocycles. The van der Waals surface area contributed by atoms with E-state index >= 15 is 0 Å². The van der Waals surface area contributed by atoms with Crippen molar-refractivity contribution in [2.45, 2.75) is 23.1 Å². The van der Waals surface area contributed by atoms with E-state index < -0.39 is 0 Å². The van der Waals surface area contributed by atoms with E-state index in [0.717, 1.165) is 42.4 Å². The standard InChI is InChI=1S/C27H25N3O3S/c1-31-22-7-8-23-27(15-22)34-26(19-6-9-24-25(14-19)33-18-32-24)10-13-29(23)17-21-5-3-12-30(21)20-4-2-11-28-16-20/h2-9,11-12,14-16,26H,10,13,17-18H2,1H3/t26-/m1/s1. The first-order valence-corrected chi connectivity index (χ1v) is 12.2. The predicted molar refractivity (Wildman–Crippen MR) is 133 cm³/mol. The maximum Gasteiger partial charge on any atom is 0.231 e. The van der Waals surface area contributed by atoms with Crippen LogP contribution in [0.4, 0.5) is 5.69 Å². The Morgan fingerprint density at radius 2 is 2.00 bits per heavy atom. The van der Waals surface area contributed by atoms with Crippen LogP contribution in [0.15, 0.2) is 84.1 Å². The van der Waals surface area contributed by atoms with Gasteiger partial charge in [-0.2, -0.15) is 0 Å². The lowest BCUT2D eigenvalue weighted by Crippen LogP contribution is -2.25. The summed E-state index contributed by atoms with van der Waals surface area (Å²) >= 11 is 1.89. The third-order valence-electron chi connectivity index (χ3n) is 6.32. The minimum absolute atomic E-state index is 0.293. The van der Waals surface area contributed by atoms with Crippen molar-refractivity contribution in [3.8, 4) is 22.9 Å². The summed E-state index contributed by atoms with van der Waals surface area (Å²) in [7, 11) is 1.72. The number of pyridine rings is 1. The lowest BCUT2D eigenvalue weighted by atomic mass is 10.1. The molecule has 4 heterocycles. The van der Waals surface area contributed by atoms with Crippen LogP contribution < -0.4 is 19.1 Å². The zero-order valence-corrected chi connectivity index (χ0v) is 19.7. The first-order valence-electron chi connectivity index (χ1n) is 11.3. The highest BCUT2D eigenvalue weighted by molar-refractivity contribution is 7.99. The van der Waals surface area contributed by atoms with Crippen LogP contribution in [0.3, 0.4) is 0 Å². The summed E-state index contributed by atoms with van der Waals surface area (Å²) in [4.78, 5) is 7.99. The normalized spacial score (nSPS) is 16.7. The van der Waals surface area contributed by atoms with E-state index in [4.69, 9.17) is 14.2 Å². The first-order chi connectivity index (χ1) is 16.8. The second-order valence-corrected chi connectivity index (χ2v) is 9.59. The lowest BCUT2D eigenvalue weighted by Gasteiger charge is -2.25. The van der Waals surface area contributed by atoms with E-state index in [1.807, 2.05) is 36.2 Å². The van der Waals surface area contributed by atoms with Crippen molar-refractivity contribution >= 4 is 17.4 Å². The van der Waals surface area contributed by atoms with Gasteiger partial charge in [-0.3, -0.25) is 4.98 Å². The van der Waals surface area contributed by atoms with Crippen LogP contribution >= 0.6 is 11.8 Å². The van der Waals surface area contributed by atoms with Gasteiger partial charge < -0.3 is 23.7 Å². The molecule has 0 saturated heterocycles. The Kier molecular flexibility index (Phi) is 5.55. The smallest absolute Gasteiger partial charge is 0.231 e. The van der Waals surface area contributed by atoms with Crippen LogP contribution in [0, 0.1) is 0 Å². The van der Waals surface area contributed by atoms with Crippen LogP contribution in [-0.2, 0) is 6.54 Å². The van der Waals surface area contributed by atoms with Crippen LogP contribution in [0.5, 0.6) is 17.2 Å². The average molecular weight is 472 g/mol. The number of methoxy groups -OCH3 is 1. The van der Waals surface area contributed by atoms with Crippen LogP contribution in [0.25, 0.3) is 5.69 Å². The van der Waals surface area contributed by atoms with E-state index in [-0.39, 0.29) is 0 Å². The molecule has 2 aliphatic rings. The largest absolute Gasteiger partial charge is 0.497 e. The third-order valence-corrected chi connectivity index (χ3v) is 7.69. The zero-order valence-electron chi connectivity index (χ0n) is 18.9. The van der Waals surface area contributed by atoms with E-state index in [0.29, 0.717) is 12.0 Å². The van der Waals surface area contributed by atoms with Gasteiger partial charge in [-0.1, -0.05) is 6.07 Å². The van der Waals surface area contributed by atoms with Crippen LogP contribution in [0.2, 0.25) is 0 Å². The SMILES string of the molecule is COc1ccc2c(c1)S[C@@H](c1ccc3c(c1)OCO3)CCN2Cc1cccn1-c1cccnc1. The molecule has 0 spiro atoms. The molecule has 0 aliphatic carbocycles. The fraction of sp³-hybridized carbons (Fsp3) is 0.222. The van der Waals surface area contributed by atoms with Gasteiger partial charge >= 0.3 is 0 Å². The van der Waals surface area contributed by atoms with E-state index in [9.17, 15) is 0 Å².